The molecule has 7 heteroatoms. The zero-order chi connectivity index (χ0) is 15.6. The fourth-order valence-electron chi connectivity index (χ4n) is 2.67. The van der Waals surface area contributed by atoms with E-state index in [-0.39, 0.29) is 22.6 Å². The zero-order valence-corrected chi connectivity index (χ0v) is 12.5. The Hall–Kier alpha value is -2.18. The number of piperidine rings is 1. The number of pyridine rings is 1. The van der Waals surface area contributed by atoms with Gasteiger partial charge >= 0.3 is 0 Å². The fourth-order valence-corrected chi connectivity index (χ4v) is 2.67. The lowest BCUT2D eigenvalue weighted by Crippen LogP contribution is -2.43. The molecule has 2 rings (SSSR count). The molecule has 0 saturated carbocycles. The Morgan fingerprint density at radius 1 is 1.52 bits per heavy atom. The van der Waals surface area contributed by atoms with Crippen LogP contribution in [0.15, 0.2) is 12.3 Å². The van der Waals surface area contributed by atoms with E-state index in [0.717, 1.165) is 19.0 Å². The number of hydrogen-bond donors (Lipinski definition) is 1. The standard InChI is InChI=1S/C14H20N4O3/c1-14(2)5-4-6-17(9-14)13(19)10-7-12(15-3)16-8-11(10)18(20)21/h7-8H,4-6,9H2,1-3H3,(H,15,16). The highest BCUT2D eigenvalue weighted by Gasteiger charge is 2.32. The maximum absolute atomic E-state index is 12.6. The van der Waals surface area contributed by atoms with E-state index in [9.17, 15) is 14.9 Å². The lowest BCUT2D eigenvalue weighted by Gasteiger charge is -2.38. The van der Waals surface area contributed by atoms with Crippen LogP contribution in [-0.2, 0) is 0 Å². The molecule has 0 aromatic carbocycles. The van der Waals surface area contributed by atoms with E-state index >= 15 is 0 Å². The first-order valence-electron chi connectivity index (χ1n) is 6.95. The van der Waals surface area contributed by atoms with Crippen molar-refractivity contribution in [2.75, 3.05) is 25.5 Å². The van der Waals surface area contributed by atoms with E-state index in [2.05, 4.69) is 24.1 Å². The van der Waals surface area contributed by atoms with Crippen LogP contribution < -0.4 is 5.32 Å². The average molecular weight is 292 g/mol. The molecular weight excluding hydrogens is 272 g/mol. The number of likely N-dealkylation sites (tertiary alicyclic amines) is 1. The number of nitro groups is 1. The highest BCUT2D eigenvalue weighted by atomic mass is 16.6. The topological polar surface area (TPSA) is 88.4 Å². The smallest absolute Gasteiger partial charge is 0.300 e. The molecule has 1 N–H and O–H groups in total. The summed E-state index contributed by atoms with van der Waals surface area (Å²) in [6.07, 6.45) is 3.10. The molecule has 1 aromatic heterocycles. The minimum atomic E-state index is -0.561. The van der Waals surface area contributed by atoms with Crippen LogP contribution in [0, 0.1) is 15.5 Å². The van der Waals surface area contributed by atoms with Crippen LogP contribution in [0.3, 0.4) is 0 Å². The molecule has 1 aliphatic rings. The van der Waals surface area contributed by atoms with Gasteiger partial charge in [-0.15, -0.1) is 0 Å². The number of anilines is 1. The van der Waals surface area contributed by atoms with E-state index < -0.39 is 4.92 Å². The molecule has 1 saturated heterocycles. The van der Waals surface area contributed by atoms with Gasteiger partial charge in [0.15, 0.2) is 0 Å². The van der Waals surface area contributed by atoms with Crippen molar-refractivity contribution in [2.24, 2.45) is 5.41 Å². The van der Waals surface area contributed by atoms with Crippen molar-refractivity contribution in [3.63, 3.8) is 0 Å². The molecule has 114 valence electrons. The number of aromatic nitrogens is 1. The highest BCUT2D eigenvalue weighted by molar-refractivity contribution is 5.98. The summed E-state index contributed by atoms with van der Waals surface area (Å²) >= 11 is 0. The summed E-state index contributed by atoms with van der Waals surface area (Å²) in [6, 6.07) is 1.45. The second-order valence-corrected chi connectivity index (χ2v) is 6.09. The SMILES string of the molecule is CNc1cc(C(=O)N2CCCC(C)(C)C2)c([N+](=O)[O-])cn1. The first kappa shape index (κ1) is 15.2. The summed E-state index contributed by atoms with van der Waals surface area (Å²) in [5.74, 6) is 0.147. The van der Waals surface area contributed by atoms with Crippen LogP contribution in [-0.4, -0.2) is 40.9 Å². The van der Waals surface area contributed by atoms with Gasteiger partial charge in [-0.05, 0) is 18.3 Å². The van der Waals surface area contributed by atoms with E-state index in [1.54, 1.807) is 11.9 Å². The maximum Gasteiger partial charge on any atom is 0.300 e. The summed E-state index contributed by atoms with van der Waals surface area (Å²) in [6.45, 7) is 5.45. The summed E-state index contributed by atoms with van der Waals surface area (Å²) in [4.78, 5) is 28.8. The second kappa shape index (κ2) is 5.67. The lowest BCUT2D eigenvalue weighted by atomic mass is 9.84. The Kier molecular flexibility index (Phi) is 4.11. The summed E-state index contributed by atoms with van der Waals surface area (Å²) < 4.78 is 0. The van der Waals surface area contributed by atoms with Crippen molar-refractivity contribution in [3.05, 3.63) is 27.9 Å². The molecule has 1 fully saturated rings. The third-order valence-electron chi connectivity index (χ3n) is 3.75. The molecule has 0 radical (unpaired) electrons. The van der Waals surface area contributed by atoms with Gasteiger partial charge in [0.05, 0.1) is 4.92 Å². The van der Waals surface area contributed by atoms with Crippen molar-refractivity contribution in [2.45, 2.75) is 26.7 Å². The van der Waals surface area contributed by atoms with Gasteiger partial charge in [0.2, 0.25) is 0 Å². The van der Waals surface area contributed by atoms with Gasteiger partial charge in [-0.1, -0.05) is 13.8 Å². The Bertz CT molecular complexity index is 571. The Morgan fingerprint density at radius 3 is 2.81 bits per heavy atom. The molecule has 2 heterocycles. The van der Waals surface area contributed by atoms with Crippen LogP contribution in [0.4, 0.5) is 11.5 Å². The van der Waals surface area contributed by atoms with Gasteiger partial charge in [0, 0.05) is 26.2 Å². The number of amides is 1. The second-order valence-electron chi connectivity index (χ2n) is 6.09. The zero-order valence-electron chi connectivity index (χ0n) is 12.5. The number of nitrogens with one attached hydrogen (secondary N) is 1. The van der Waals surface area contributed by atoms with Crippen molar-refractivity contribution in [1.29, 1.82) is 0 Å². The molecule has 0 unspecified atom stereocenters. The first-order chi connectivity index (χ1) is 9.84. The van der Waals surface area contributed by atoms with Crippen molar-refractivity contribution >= 4 is 17.4 Å². The van der Waals surface area contributed by atoms with Crippen LogP contribution in [0.1, 0.15) is 37.0 Å². The van der Waals surface area contributed by atoms with E-state index in [1.165, 1.54) is 6.07 Å². The van der Waals surface area contributed by atoms with Gasteiger partial charge in [0.1, 0.15) is 17.6 Å². The number of carbonyl (C=O) groups is 1. The molecule has 0 spiro atoms. The van der Waals surface area contributed by atoms with Gasteiger partial charge < -0.3 is 10.2 Å². The molecule has 21 heavy (non-hydrogen) atoms. The van der Waals surface area contributed by atoms with E-state index in [4.69, 9.17) is 0 Å². The van der Waals surface area contributed by atoms with Crippen molar-refractivity contribution < 1.29 is 9.72 Å². The molecule has 0 bridgehead atoms. The first-order valence-corrected chi connectivity index (χ1v) is 6.95. The molecule has 1 aliphatic heterocycles. The third-order valence-corrected chi connectivity index (χ3v) is 3.75. The largest absolute Gasteiger partial charge is 0.373 e. The predicted molar refractivity (Wildman–Crippen MR) is 79.4 cm³/mol. The van der Waals surface area contributed by atoms with Gasteiger partial charge in [0.25, 0.3) is 11.6 Å². The van der Waals surface area contributed by atoms with Crippen LogP contribution >= 0.6 is 0 Å². The quantitative estimate of drug-likeness (QED) is 0.682. The number of rotatable bonds is 3. The van der Waals surface area contributed by atoms with Gasteiger partial charge in [-0.25, -0.2) is 4.98 Å². The molecule has 0 atom stereocenters. The lowest BCUT2D eigenvalue weighted by molar-refractivity contribution is -0.385. The third kappa shape index (κ3) is 3.29. The van der Waals surface area contributed by atoms with Gasteiger partial charge in [-0.2, -0.15) is 0 Å². The Morgan fingerprint density at radius 2 is 2.24 bits per heavy atom. The summed E-state index contributed by atoms with van der Waals surface area (Å²) in [5, 5.41) is 13.9. The minimum Gasteiger partial charge on any atom is -0.373 e. The maximum atomic E-state index is 12.6. The number of carbonyl (C=O) groups excluding carboxylic acids is 1. The molecular formula is C14H20N4O3. The highest BCUT2D eigenvalue weighted by Crippen LogP contribution is 2.30. The summed E-state index contributed by atoms with van der Waals surface area (Å²) in [7, 11) is 1.66. The van der Waals surface area contributed by atoms with Crippen molar-refractivity contribution in [3.8, 4) is 0 Å². The number of nitrogens with zero attached hydrogens (tertiary/aromatic N) is 3. The molecule has 1 aromatic rings. The van der Waals surface area contributed by atoms with Crippen LogP contribution in [0.5, 0.6) is 0 Å². The molecule has 0 aliphatic carbocycles. The Labute approximate surface area is 123 Å². The Balaban J connectivity index is 2.35. The molecule has 7 nitrogen and oxygen atoms in total. The predicted octanol–water partition coefficient (Wildman–Crippen LogP) is 2.29. The van der Waals surface area contributed by atoms with E-state index in [0.29, 0.717) is 18.9 Å². The summed E-state index contributed by atoms with van der Waals surface area (Å²) in [5.41, 5.74) is -0.110. The van der Waals surface area contributed by atoms with E-state index in [1.807, 2.05) is 0 Å². The molecule has 1 amide bonds. The van der Waals surface area contributed by atoms with Crippen molar-refractivity contribution in [1.82, 2.24) is 9.88 Å². The minimum absolute atomic E-state index is 0.0432. The van der Waals surface area contributed by atoms with Gasteiger partial charge in [-0.3, -0.25) is 14.9 Å². The normalized spacial score (nSPS) is 17.4. The van der Waals surface area contributed by atoms with Crippen LogP contribution in [0.25, 0.3) is 0 Å². The van der Waals surface area contributed by atoms with Crippen LogP contribution in [0.2, 0.25) is 0 Å². The fraction of sp³-hybridized carbons (Fsp3) is 0.571. The average Bonchev–Trinajstić information content (AvgIpc) is 2.44. The monoisotopic (exact) mass is 292 g/mol. The number of hydrogen-bond acceptors (Lipinski definition) is 5.